The van der Waals surface area contributed by atoms with E-state index in [0.717, 1.165) is 63.3 Å². The first kappa shape index (κ1) is 32.5. The van der Waals surface area contributed by atoms with Crippen molar-refractivity contribution >= 4 is 67.1 Å². The van der Waals surface area contributed by atoms with Crippen molar-refractivity contribution in [1.29, 1.82) is 5.26 Å². The molecule has 0 aliphatic carbocycles. The number of hydrogen-bond donors (Lipinski definition) is 1. The zero-order valence-electron chi connectivity index (χ0n) is 28.8. The lowest BCUT2D eigenvalue weighted by molar-refractivity contribution is 1.18. The summed E-state index contributed by atoms with van der Waals surface area (Å²) in [7, 11) is 0. The molecule has 1 aliphatic rings. The van der Waals surface area contributed by atoms with Gasteiger partial charge in [-0.05, 0) is 81.2 Å². The zero-order chi connectivity index (χ0) is 35.7. The zero-order valence-corrected chi connectivity index (χ0v) is 31.0. The van der Waals surface area contributed by atoms with Gasteiger partial charge in [0.2, 0.25) is 0 Å². The van der Waals surface area contributed by atoms with Crippen molar-refractivity contribution in [3.05, 3.63) is 198 Å². The Labute approximate surface area is 318 Å². The highest BCUT2D eigenvalue weighted by molar-refractivity contribution is 14.2. The van der Waals surface area contributed by atoms with Crippen LogP contribution in [0.5, 0.6) is 0 Å². The topological polar surface area (TPSA) is 65.5 Å². The number of aromatic nitrogens is 1. The number of aryl methyl sites for hydroxylation is 1. The number of anilines is 2. The second-order valence-electron chi connectivity index (χ2n) is 12.9. The Bertz CT molecular complexity index is 2770. The summed E-state index contributed by atoms with van der Waals surface area (Å²) < 4.78 is 4.36. The molecule has 0 radical (unpaired) electrons. The van der Waals surface area contributed by atoms with Crippen molar-refractivity contribution in [3.8, 4) is 22.9 Å². The van der Waals surface area contributed by atoms with Crippen molar-refractivity contribution in [2.24, 2.45) is 9.98 Å². The summed E-state index contributed by atoms with van der Waals surface area (Å²) in [5, 5.41) is 16.7. The molecular formula is C47H32IN5. The van der Waals surface area contributed by atoms with Gasteiger partial charge in [0.1, 0.15) is 13.4 Å². The minimum Gasteiger partial charge on any atom is -0.354 e. The molecule has 0 unspecified atom stereocenters. The van der Waals surface area contributed by atoms with Crippen LogP contribution in [0.3, 0.4) is 0 Å². The van der Waals surface area contributed by atoms with Gasteiger partial charge in [-0.1, -0.05) is 127 Å². The fourth-order valence-corrected chi connectivity index (χ4v) is 9.46. The van der Waals surface area contributed by atoms with Crippen LogP contribution in [0.15, 0.2) is 180 Å². The summed E-state index contributed by atoms with van der Waals surface area (Å²) in [4.78, 5) is 10.2. The minimum absolute atomic E-state index is 0.554. The third-order valence-electron chi connectivity index (χ3n) is 9.54. The average Bonchev–Trinajstić information content (AvgIpc) is 3.55. The van der Waals surface area contributed by atoms with Crippen LogP contribution < -0.4 is 5.32 Å². The van der Waals surface area contributed by atoms with E-state index in [4.69, 9.17) is 9.98 Å². The minimum atomic E-state index is -0.721. The van der Waals surface area contributed by atoms with Crippen molar-refractivity contribution in [2.75, 3.05) is 5.32 Å². The van der Waals surface area contributed by atoms with Gasteiger partial charge < -0.3 is 9.88 Å². The predicted octanol–water partition coefficient (Wildman–Crippen LogP) is 11.7. The van der Waals surface area contributed by atoms with Gasteiger partial charge in [0.05, 0.1) is 22.3 Å². The lowest BCUT2D eigenvalue weighted by atomic mass is 9.96. The van der Waals surface area contributed by atoms with Gasteiger partial charge in [0, 0.05) is 44.4 Å². The van der Waals surface area contributed by atoms with E-state index in [2.05, 4.69) is 126 Å². The fourth-order valence-electron chi connectivity index (χ4n) is 6.96. The number of amidine groups is 1. The van der Waals surface area contributed by atoms with Crippen LogP contribution in [0, 0.1) is 18.3 Å². The molecule has 0 bridgehead atoms. The van der Waals surface area contributed by atoms with E-state index in [9.17, 15) is 5.26 Å². The Morgan fingerprint density at radius 3 is 2.00 bits per heavy atom. The van der Waals surface area contributed by atoms with E-state index in [0.29, 0.717) is 11.4 Å². The van der Waals surface area contributed by atoms with Gasteiger partial charge in [-0.2, -0.15) is 5.26 Å². The molecule has 0 saturated carbocycles. The molecule has 5 nitrogen and oxygen atoms in total. The van der Waals surface area contributed by atoms with Crippen LogP contribution in [-0.2, 0) is 0 Å². The molecular weight excluding hydrogens is 761 g/mol. The van der Waals surface area contributed by atoms with Gasteiger partial charge in [-0.25, -0.2) is 9.98 Å². The lowest BCUT2D eigenvalue weighted by Gasteiger charge is -2.18. The van der Waals surface area contributed by atoms with Gasteiger partial charge >= 0.3 is 0 Å². The number of halogens is 1. The number of aliphatic imine (C=N–C) groups is 2. The van der Waals surface area contributed by atoms with Gasteiger partial charge in [0.15, 0.2) is 5.84 Å². The number of nitrogens with one attached hydrogen (secondary N) is 1. The van der Waals surface area contributed by atoms with Gasteiger partial charge in [-0.3, -0.25) is 0 Å². The molecule has 0 atom stereocenters. The Morgan fingerprint density at radius 2 is 1.25 bits per heavy atom. The maximum absolute atomic E-state index is 10.6. The van der Waals surface area contributed by atoms with Gasteiger partial charge in [0.25, 0.3) is 0 Å². The van der Waals surface area contributed by atoms with Crippen molar-refractivity contribution in [1.82, 2.24) is 4.57 Å². The highest BCUT2D eigenvalue weighted by atomic mass is 127. The maximum atomic E-state index is 10.6. The molecule has 53 heavy (non-hydrogen) atoms. The highest BCUT2D eigenvalue weighted by Crippen LogP contribution is 2.41. The largest absolute Gasteiger partial charge is 0.354 e. The Balaban J connectivity index is 1.19. The molecule has 0 fully saturated rings. The molecule has 1 N–H and O–H groups in total. The van der Waals surface area contributed by atoms with E-state index in [1.165, 1.54) is 16.3 Å². The number of para-hydroxylation sites is 2. The second-order valence-corrected chi connectivity index (χ2v) is 15.5. The molecule has 0 amide bonds. The van der Waals surface area contributed by atoms with Crippen molar-refractivity contribution in [3.63, 3.8) is 0 Å². The SMILES string of the molecule is Cc1ccccc1-c1cc2c3ccccc3n(-c3ccccc3)c2cc1Nc1ccc(C2=NC(c3ccccc3)=NC(c3ccccc3)=I2)cc1C#N. The second kappa shape index (κ2) is 13.9. The number of fused-ring (bicyclic) bond motifs is 3. The highest BCUT2D eigenvalue weighted by Gasteiger charge is 2.20. The monoisotopic (exact) mass is 793 g/mol. The third kappa shape index (κ3) is 6.15. The molecule has 1 aliphatic heterocycles. The van der Waals surface area contributed by atoms with E-state index in [1.807, 2.05) is 66.7 Å². The van der Waals surface area contributed by atoms with Crippen LogP contribution >= 0.6 is 20.7 Å². The first-order valence-electron chi connectivity index (χ1n) is 17.4. The number of benzene rings is 7. The Kier molecular flexibility index (Phi) is 8.54. The van der Waals surface area contributed by atoms with Crippen LogP contribution in [0.25, 0.3) is 38.6 Å². The smallest absolute Gasteiger partial charge is 0.161 e. The molecule has 9 rings (SSSR count). The van der Waals surface area contributed by atoms with E-state index >= 15 is 0 Å². The van der Waals surface area contributed by atoms with Crippen LogP contribution in [0.4, 0.5) is 11.4 Å². The summed E-state index contributed by atoms with van der Waals surface area (Å²) in [6.45, 7) is 2.15. The fraction of sp³-hybridized carbons (Fsp3) is 0.0213. The summed E-state index contributed by atoms with van der Waals surface area (Å²) in [6.07, 6.45) is 0. The van der Waals surface area contributed by atoms with Crippen LogP contribution in [0.2, 0.25) is 0 Å². The summed E-state index contributed by atoms with van der Waals surface area (Å²) in [5.41, 5.74) is 12.0. The molecule has 1 aromatic heterocycles. The molecule has 252 valence electrons. The Hall–Kier alpha value is -6.43. The maximum Gasteiger partial charge on any atom is 0.161 e. The number of hydrogen-bond acceptors (Lipinski definition) is 4. The average molecular weight is 794 g/mol. The van der Waals surface area contributed by atoms with E-state index in [1.54, 1.807) is 0 Å². The van der Waals surface area contributed by atoms with E-state index in [-0.39, 0.29) is 0 Å². The summed E-state index contributed by atoms with van der Waals surface area (Å²) in [6, 6.07) is 61.1. The van der Waals surface area contributed by atoms with E-state index < -0.39 is 20.7 Å². The Morgan fingerprint density at radius 1 is 0.566 bits per heavy atom. The first-order chi connectivity index (χ1) is 26.1. The van der Waals surface area contributed by atoms with Crippen LogP contribution in [-0.4, -0.2) is 17.8 Å². The van der Waals surface area contributed by atoms with Crippen molar-refractivity contribution < 1.29 is 0 Å². The normalized spacial score (nSPS) is 12.7. The van der Waals surface area contributed by atoms with Gasteiger partial charge in [-0.15, -0.1) is 0 Å². The van der Waals surface area contributed by atoms with Crippen LogP contribution in [0.1, 0.15) is 27.8 Å². The van der Waals surface area contributed by atoms with Crippen molar-refractivity contribution in [2.45, 2.75) is 6.92 Å². The standard InChI is InChI=1S/C47H32IN5/c1-31-15-11-12-22-37(31)39-28-40-38-23-13-14-24-43(38)53(36-20-9-4-10-21-36)44(40)29-42(39)50-41-26-25-34(27-35(41)30-49)46-48-45(32-16-5-2-6-17-32)51-47(52-46)33-18-7-3-8-19-33/h2-29,50H,1H3. The predicted molar refractivity (Wildman–Crippen MR) is 229 cm³/mol. The molecule has 0 saturated heterocycles. The molecule has 7 aromatic carbocycles. The first-order valence-corrected chi connectivity index (χ1v) is 19.6. The molecule has 0 spiro atoms. The summed E-state index contributed by atoms with van der Waals surface area (Å²) in [5.74, 6) is 0.691. The lowest BCUT2D eigenvalue weighted by Crippen LogP contribution is -2.11. The number of nitrogens with zero attached hydrogens (tertiary/aromatic N) is 4. The summed E-state index contributed by atoms with van der Waals surface area (Å²) >= 11 is -0.721. The number of rotatable bonds is 7. The number of nitriles is 1. The molecule has 2 heterocycles. The quantitative estimate of drug-likeness (QED) is 0.163. The molecule has 8 aromatic rings. The third-order valence-corrected chi connectivity index (χ3v) is 12.3. The molecule has 6 heteroatoms.